The average molecular weight is 425 g/mol. The van der Waals surface area contributed by atoms with Gasteiger partial charge in [0.1, 0.15) is 10.5 Å². The first-order chi connectivity index (χ1) is 14.3. The fourth-order valence-electron chi connectivity index (χ4n) is 3.51. The molecule has 3 heterocycles. The van der Waals surface area contributed by atoms with E-state index in [-0.39, 0.29) is 12.0 Å². The number of rotatable bonds is 4. The molecule has 0 radical (unpaired) electrons. The van der Waals surface area contributed by atoms with Gasteiger partial charge in [-0.3, -0.25) is 4.79 Å². The lowest BCUT2D eigenvalue weighted by molar-refractivity contribution is 0.0124. The molecule has 0 amide bonds. The van der Waals surface area contributed by atoms with Crippen LogP contribution in [0.1, 0.15) is 31.1 Å². The molecule has 2 aromatic heterocycles. The van der Waals surface area contributed by atoms with Crippen LogP contribution in [0.5, 0.6) is 0 Å². The van der Waals surface area contributed by atoms with Gasteiger partial charge in [-0.2, -0.15) is 0 Å². The lowest BCUT2D eigenvalue weighted by atomic mass is 9.87. The Morgan fingerprint density at radius 2 is 2.10 bits per heavy atom. The average Bonchev–Trinajstić information content (AvgIpc) is 3.15. The zero-order valence-electron chi connectivity index (χ0n) is 17.4. The molecule has 1 N–H and O–H groups in total. The highest BCUT2D eigenvalue weighted by atomic mass is 32.1. The molecule has 1 saturated heterocycles. The molecular formula is C22H24N4O3S. The second kappa shape index (κ2) is 7.86. The van der Waals surface area contributed by atoms with Gasteiger partial charge in [0, 0.05) is 24.3 Å². The number of hydrogen-bond donors (Lipinski definition) is 1. The number of para-hydroxylation sites is 1. The van der Waals surface area contributed by atoms with Gasteiger partial charge in [-0.05, 0) is 6.07 Å². The zero-order valence-corrected chi connectivity index (χ0v) is 18.2. The van der Waals surface area contributed by atoms with Crippen molar-refractivity contribution in [3.05, 3.63) is 42.2 Å². The highest BCUT2D eigenvalue weighted by Gasteiger charge is 2.30. The number of aromatic nitrogens is 3. The second-order valence-electron chi connectivity index (χ2n) is 8.22. The predicted molar refractivity (Wildman–Crippen MR) is 120 cm³/mol. The number of methoxy groups -OCH3 is 1. The fraction of sp³-hybridized carbons (Fsp3) is 0.364. The van der Waals surface area contributed by atoms with Gasteiger partial charge < -0.3 is 19.4 Å². The summed E-state index contributed by atoms with van der Waals surface area (Å²) < 4.78 is 11.1. The predicted octanol–water partition coefficient (Wildman–Crippen LogP) is 3.99. The maximum Gasteiger partial charge on any atom is 0.171 e. The van der Waals surface area contributed by atoms with Crippen LogP contribution in [0.4, 0.5) is 5.69 Å². The van der Waals surface area contributed by atoms with Crippen LogP contribution in [0.25, 0.3) is 22.4 Å². The molecule has 0 bridgehead atoms. The summed E-state index contributed by atoms with van der Waals surface area (Å²) >= 11 is 5.56. The smallest absolute Gasteiger partial charge is 0.171 e. The van der Waals surface area contributed by atoms with Crippen molar-refractivity contribution < 1.29 is 14.3 Å². The van der Waals surface area contributed by atoms with Crippen molar-refractivity contribution in [3.8, 4) is 11.3 Å². The summed E-state index contributed by atoms with van der Waals surface area (Å²) in [4.78, 5) is 27.9. The van der Waals surface area contributed by atoms with Crippen molar-refractivity contribution in [3.63, 3.8) is 0 Å². The number of carbonyl (C=O) groups excluding carboxylic acids is 1. The van der Waals surface area contributed by atoms with Crippen molar-refractivity contribution in [2.75, 3.05) is 25.2 Å². The van der Waals surface area contributed by atoms with Crippen LogP contribution in [-0.2, 0) is 9.47 Å². The lowest BCUT2D eigenvalue weighted by Gasteiger charge is -2.37. The van der Waals surface area contributed by atoms with Gasteiger partial charge in [0.2, 0.25) is 0 Å². The third-order valence-corrected chi connectivity index (χ3v) is 5.38. The van der Waals surface area contributed by atoms with E-state index in [1.54, 1.807) is 19.5 Å². The Morgan fingerprint density at radius 3 is 2.83 bits per heavy atom. The summed E-state index contributed by atoms with van der Waals surface area (Å²) in [6.45, 7) is 6.45. The summed E-state index contributed by atoms with van der Waals surface area (Å²) in [5, 5.41) is 0. The number of nitrogens with zero attached hydrogens (tertiary/aromatic N) is 3. The number of Topliss-reactive ketones (excluding diaryl/α,β-unsaturated/α-hetero) is 1. The van der Waals surface area contributed by atoms with Crippen LogP contribution in [0, 0.1) is 5.41 Å². The molecule has 0 saturated carbocycles. The number of ether oxygens (including phenoxy) is 2. The Morgan fingerprint density at radius 1 is 1.33 bits per heavy atom. The van der Waals surface area contributed by atoms with Crippen LogP contribution in [0.15, 0.2) is 36.7 Å². The molecule has 1 unspecified atom stereocenters. The lowest BCUT2D eigenvalue weighted by Crippen LogP contribution is -2.50. The van der Waals surface area contributed by atoms with Crippen molar-refractivity contribution in [1.29, 1.82) is 0 Å². The maximum atomic E-state index is 12.9. The molecule has 0 aliphatic carbocycles. The van der Waals surface area contributed by atoms with Crippen LogP contribution in [0.3, 0.4) is 0 Å². The van der Waals surface area contributed by atoms with E-state index in [1.165, 1.54) is 0 Å². The normalized spacial score (nSPS) is 17.5. The molecule has 1 aliphatic rings. The standard InChI is InChI=1S/C22H24N4O3S/c1-22(2,3)20(27)14-9-23-21-19(14)25-15(10-24-21)13-7-5-6-8-16(13)26-17(28-4)11-29-12-18(26)30/h5-10,17H,11-12H2,1-4H3,(H,23,24). The van der Waals surface area contributed by atoms with Gasteiger partial charge in [-0.25, -0.2) is 9.97 Å². The number of fused-ring (bicyclic) bond motifs is 1. The summed E-state index contributed by atoms with van der Waals surface area (Å²) in [6.07, 6.45) is 3.06. The van der Waals surface area contributed by atoms with E-state index in [1.807, 2.05) is 49.9 Å². The molecule has 1 atom stereocenters. The van der Waals surface area contributed by atoms with Crippen LogP contribution in [0.2, 0.25) is 0 Å². The van der Waals surface area contributed by atoms with Gasteiger partial charge in [0.05, 0.1) is 36.4 Å². The Kier molecular flexibility index (Phi) is 5.40. The number of anilines is 1. The van der Waals surface area contributed by atoms with Crippen molar-refractivity contribution in [2.45, 2.75) is 27.0 Å². The summed E-state index contributed by atoms with van der Waals surface area (Å²) in [5.74, 6) is 0.0160. The summed E-state index contributed by atoms with van der Waals surface area (Å²) in [7, 11) is 1.63. The molecule has 1 aliphatic heterocycles. The molecule has 30 heavy (non-hydrogen) atoms. The number of hydrogen-bond acceptors (Lipinski definition) is 6. The quantitative estimate of drug-likeness (QED) is 0.501. The monoisotopic (exact) mass is 424 g/mol. The van der Waals surface area contributed by atoms with Crippen LogP contribution >= 0.6 is 12.2 Å². The maximum absolute atomic E-state index is 12.9. The second-order valence-corrected chi connectivity index (χ2v) is 8.69. The van der Waals surface area contributed by atoms with Gasteiger partial charge in [-0.15, -0.1) is 0 Å². The number of aromatic amines is 1. The van der Waals surface area contributed by atoms with E-state index < -0.39 is 5.41 Å². The Labute approximate surface area is 180 Å². The molecule has 7 nitrogen and oxygen atoms in total. The molecule has 4 rings (SSSR count). The largest absolute Gasteiger partial charge is 0.370 e. The number of nitrogens with one attached hydrogen (secondary N) is 1. The van der Waals surface area contributed by atoms with Crippen LogP contribution < -0.4 is 4.90 Å². The number of morpholine rings is 1. The minimum absolute atomic E-state index is 0.0160. The number of benzene rings is 1. The van der Waals surface area contributed by atoms with Crippen LogP contribution in [-0.4, -0.2) is 52.3 Å². The Bertz CT molecular complexity index is 1120. The zero-order chi connectivity index (χ0) is 21.5. The van der Waals surface area contributed by atoms with E-state index in [2.05, 4.69) is 9.97 Å². The summed E-state index contributed by atoms with van der Waals surface area (Å²) in [6, 6.07) is 7.83. The van der Waals surface area contributed by atoms with E-state index in [9.17, 15) is 4.79 Å². The van der Waals surface area contributed by atoms with Crippen molar-refractivity contribution in [1.82, 2.24) is 15.0 Å². The van der Waals surface area contributed by atoms with E-state index in [4.69, 9.17) is 26.7 Å². The van der Waals surface area contributed by atoms with E-state index in [0.29, 0.717) is 40.6 Å². The molecule has 1 fully saturated rings. The third-order valence-electron chi connectivity index (χ3n) is 5.06. The minimum atomic E-state index is -0.517. The fourth-order valence-corrected chi connectivity index (χ4v) is 3.81. The number of H-pyrrole nitrogens is 1. The molecule has 8 heteroatoms. The molecule has 3 aromatic rings. The van der Waals surface area contributed by atoms with Crippen molar-refractivity contribution >= 4 is 39.8 Å². The summed E-state index contributed by atoms with van der Waals surface area (Å²) in [5.41, 5.74) is 3.55. The van der Waals surface area contributed by atoms with Crippen molar-refractivity contribution in [2.24, 2.45) is 5.41 Å². The van der Waals surface area contributed by atoms with Gasteiger partial charge in [0.25, 0.3) is 0 Å². The Hall–Kier alpha value is -2.68. The first kappa shape index (κ1) is 20.6. The van der Waals surface area contributed by atoms with Gasteiger partial charge >= 0.3 is 0 Å². The molecule has 156 valence electrons. The molecule has 0 spiro atoms. The first-order valence-electron chi connectivity index (χ1n) is 9.72. The van der Waals surface area contributed by atoms with Gasteiger partial charge in [0.15, 0.2) is 17.7 Å². The molecule has 1 aromatic carbocycles. The van der Waals surface area contributed by atoms with Gasteiger partial charge in [-0.1, -0.05) is 51.2 Å². The Balaban J connectivity index is 1.84. The SMILES string of the molecule is COC1COCC(=S)N1c1ccccc1-c1cnc2[nH]cc(C(=O)C(C)(C)C)c2n1. The number of thiocarbonyl (C=S) groups is 1. The highest BCUT2D eigenvalue weighted by molar-refractivity contribution is 7.80. The number of carbonyl (C=O) groups is 1. The minimum Gasteiger partial charge on any atom is -0.370 e. The van der Waals surface area contributed by atoms with E-state index >= 15 is 0 Å². The first-order valence-corrected chi connectivity index (χ1v) is 10.1. The third kappa shape index (κ3) is 3.62. The topological polar surface area (TPSA) is 80.3 Å². The number of ketones is 1. The van der Waals surface area contributed by atoms with E-state index in [0.717, 1.165) is 11.3 Å². The highest BCUT2D eigenvalue weighted by Crippen LogP contribution is 2.34. The molecular weight excluding hydrogens is 400 g/mol.